The third-order valence-corrected chi connectivity index (χ3v) is 13.0. The number of carboxylic acid groups (broad SMARTS) is 1. The van der Waals surface area contributed by atoms with Gasteiger partial charge in [0.05, 0.1) is 71.0 Å². The summed E-state index contributed by atoms with van der Waals surface area (Å²) in [6.45, 7) is 4.12. The predicted molar refractivity (Wildman–Crippen MR) is 258 cm³/mol. The Morgan fingerprint density at radius 2 is 1.19 bits per heavy atom. The summed E-state index contributed by atoms with van der Waals surface area (Å²) in [5.41, 5.74) is 7.89. The van der Waals surface area contributed by atoms with Gasteiger partial charge in [-0.3, -0.25) is 28.5 Å². The molecule has 14 heteroatoms. The van der Waals surface area contributed by atoms with Crippen molar-refractivity contribution in [2.75, 3.05) is 0 Å². The molecular weight excluding hydrogens is 861 g/mol. The Labute approximate surface area is 392 Å². The first-order valence-electron chi connectivity index (χ1n) is 23.0. The number of ether oxygens (including phenoxy) is 1. The van der Waals surface area contributed by atoms with Gasteiger partial charge in [0, 0.05) is 47.6 Å². The zero-order valence-corrected chi connectivity index (χ0v) is 38.1. The number of aliphatic hydroxyl groups is 2. The van der Waals surface area contributed by atoms with E-state index in [1.54, 1.807) is 21.8 Å². The van der Waals surface area contributed by atoms with Crippen LogP contribution >= 0.6 is 0 Å². The molecule has 2 saturated carbocycles. The van der Waals surface area contributed by atoms with Crippen molar-refractivity contribution >= 4 is 55.8 Å². The third kappa shape index (κ3) is 10.6. The standard InChI is InChI=1S/2C25H25N3O2.C4H4O4/c2*1-16-10-11-17(14-26-16)12-18-13-21-24(20-7-3-2-6-19(18)20)27-15-28(25(21)30)22-8-4-5-9-23(22)29;5-3-8-2-1-4(6)7/h2*2-3,6-7,10-11,13-15,22-23,29H,4-5,8-9,12H2,1H3;1-3H,(H,6,7)/b;;2-1+/t2*22-,23-;/m00./s1. The summed E-state index contributed by atoms with van der Waals surface area (Å²) in [5.74, 6) is -1.40. The fourth-order valence-electron chi connectivity index (χ4n) is 9.51. The number of pyridine rings is 2. The lowest BCUT2D eigenvalue weighted by atomic mass is 9.92. The largest absolute Gasteiger partial charge is 0.545 e. The second-order valence-corrected chi connectivity index (χ2v) is 17.6. The zero-order chi connectivity index (χ0) is 47.7. The van der Waals surface area contributed by atoms with Crippen molar-refractivity contribution in [1.29, 1.82) is 0 Å². The summed E-state index contributed by atoms with van der Waals surface area (Å²) in [5, 5.41) is 35.9. The number of aromatic nitrogens is 6. The Morgan fingerprint density at radius 3 is 1.65 bits per heavy atom. The number of nitrogens with one attached hydrogen (secondary N) is 1. The molecular formula is C54H54N6O8. The van der Waals surface area contributed by atoms with Crippen LogP contribution in [0, 0.1) is 13.8 Å². The molecule has 8 aromatic rings. The molecule has 2 fully saturated rings. The molecule has 0 amide bonds. The van der Waals surface area contributed by atoms with Crippen LogP contribution in [0.2, 0.25) is 0 Å². The van der Waals surface area contributed by atoms with Gasteiger partial charge in [-0.25, -0.2) is 15.0 Å². The molecule has 10 rings (SSSR count). The molecule has 4 atom stereocenters. The lowest BCUT2D eigenvalue weighted by Gasteiger charge is -2.29. The van der Waals surface area contributed by atoms with Crippen molar-refractivity contribution in [2.24, 2.45) is 0 Å². The quantitative estimate of drug-likeness (QED) is 0.0694. The van der Waals surface area contributed by atoms with Crippen LogP contribution in [0.5, 0.6) is 0 Å². The SMILES string of the molecule is Cc1ccc(Cc2cc3c(=O)n([C@H]4CCCC[C@@H]4O)cnc3c3ccccc23)c[nH+]1.Cc1ccc(Cc2cc3c(=O)n([C@H]4CCCC[C@@H]4O)cnc3c3ccccc23)cn1.O=CO/C=C/C(=O)[O-]. The molecule has 0 saturated heterocycles. The number of carbonyl (C=O) groups is 2. The fraction of sp³-hybridized carbons (Fsp3) is 0.296. The number of fused-ring (bicyclic) bond motifs is 6. The molecule has 68 heavy (non-hydrogen) atoms. The predicted octanol–water partition coefficient (Wildman–Crippen LogP) is 6.48. The molecule has 4 aromatic heterocycles. The number of carboxylic acids is 1. The van der Waals surface area contributed by atoms with E-state index in [0.29, 0.717) is 23.3 Å². The van der Waals surface area contributed by atoms with Crippen LogP contribution in [0.15, 0.2) is 132 Å². The van der Waals surface area contributed by atoms with Crippen LogP contribution in [0.3, 0.4) is 0 Å². The molecule has 14 nitrogen and oxygen atoms in total. The van der Waals surface area contributed by atoms with E-state index in [2.05, 4.69) is 55.0 Å². The number of hydrogen-bond donors (Lipinski definition) is 2. The second kappa shape index (κ2) is 21.5. The Bertz CT molecular complexity index is 3040. The molecule has 4 aromatic carbocycles. The lowest BCUT2D eigenvalue weighted by Crippen LogP contribution is -2.34. The van der Waals surface area contributed by atoms with Crippen LogP contribution in [-0.4, -0.2) is 58.9 Å². The maximum atomic E-state index is 13.5. The van der Waals surface area contributed by atoms with E-state index >= 15 is 0 Å². The molecule has 4 heterocycles. The minimum absolute atomic E-state index is 0.0616. The summed E-state index contributed by atoms with van der Waals surface area (Å²) < 4.78 is 7.17. The summed E-state index contributed by atoms with van der Waals surface area (Å²) in [6.07, 6.45) is 16.1. The van der Waals surface area contributed by atoms with Crippen molar-refractivity contribution in [3.8, 4) is 0 Å². The average molecular weight is 915 g/mol. The normalized spacial score (nSPS) is 18.2. The van der Waals surface area contributed by atoms with E-state index in [4.69, 9.17) is 0 Å². The van der Waals surface area contributed by atoms with Gasteiger partial charge in [0.25, 0.3) is 17.6 Å². The highest BCUT2D eigenvalue weighted by molar-refractivity contribution is 6.07. The van der Waals surface area contributed by atoms with Crippen LogP contribution in [0.1, 0.15) is 97.1 Å². The van der Waals surface area contributed by atoms with Gasteiger partial charge in [0.2, 0.25) is 0 Å². The molecule has 0 bridgehead atoms. The van der Waals surface area contributed by atoms with Gasteiger partial charge >= 0.3 is 0 Å². The minimum Gasteiger partial charge on any atom is -0.545 e. The number of H-pyrrole nitrogens is 1. The van der Waals surface area contributed by atoms with Gasteiger partial charge in [0.1, 0.15) is 0 Å². The van der Waals surface area contributed by atoms with Crippen molar-refractivity contribution in [2.45, 2.75) is 102 Å². The van der Waals surface area contributed by atoms with E-state index in [0.717, 1.165) is 130 Å². The van der Waals surface area contributed by atoms with Crippen LogP contribution in [0.25, 0.3) is 43.4 Å². The van der Waals surface area contributed by atoms with Crippen molar-refractivity contribution in [3.63, 3.8) is 0 Å². The van der Waals surface area contributed by atoms with Gasteiger partial charge in [-0.2, -0.15) is 0 Å². The molecule has 0 aliphatic heterocycles. The van der Waals surface area contributed by atoms with Gasteiger partial charge in [-0.15, -0.1) is 0 Å². The summed E-state index contributed by atoms with van der Waals surface area (Å²) in [4.78, 5) is 62.8. The number of rotatable bonds is 9. The number of aryl methyl sites for hydroxylation is 2. The fourth-order valence-corrected chi connectivity index (χ4v) is 9.51. The smallest absolute Gasteiger partial charge is 0.297 e. The van der Waals surface area contributed by atoms with Crippen molar-refractivity contribution in [3.05, 3.63) is 177 Å². The first-order chi connectivity index (χ1) is 33.0. The Morgan fingerprint density at radius 1 is 0.691 bits per heavy atom. The average Bonchev–Trinajstić information content (AvgIpc) is 3.35. The van der Waals surface area contributed by atoms with Gasteiger partial charge in [-0.1, -0.05) is 80.3 Å². The Hall–Kier alpha value is -7.42. The number of benzene rings is 4. The van der Waals surface area contributed by atoms with Crippen molar-refractivity contribution < 1.29 is 34.6 Å². The topological polar surface area (TPSA) is 204 Å². The molecule has 2 aliphatic rings. The monoisotopic (exact) mass is 914 g/mol. The molecule has 2 aliphatic carbocycles. The number of aliphatic carboxylic acids is 1. The Balaban J connectivity index is 0.000000159. The maximum absolute atomic E-state index is 13.5. The van der Waals surface area contributed by atoms with Crippen LogP contribution in [-0.2, 0) is 27.2 Å². The van der Waals surface area contributed by atoms with E-state index in [1.807, 2.05) is 80.8 Å². The highest BCUT2D eigenvalue weighted by Gasteiger charge is 2.28. The molecule has 348 valence electrons. The molecule has 0 radical (unpaired) electrons. The van der Waals surface area contributed by atoms with E-state index < -0.39 is 18.2 Å². The third-order valence-electron chi connectivity index (χ3n) is 13.0. The first-order valence-corrected chi connectivity index (χ1v) is 23.0. The van der Waals surface area contributed by atoms with E-state index in [-0.39, 0.29) is 29.7 Å². The minimum atomic E-state index is -1.40. The maximum Gasteiger partial charge on any atom is 0.297 e. The summed E-state index contributed by atoms with van der Waals surface area (Å²) in [6, 6.07) is 28.1. The van der Waals surface area contributed by atoms with Crippen LogP contribution < -0.4 is 21.2 Å². The molecule has 3 N–H and O–H groups in total. The molecule has 0 unspecified atom stereocenters. The second-order valence-electron chi connectivity index (χ2n) is 17.6. The first kappa shape index (κ1) is 47.1. The van der Waals surface area contributed by atoms with Gasteiger partial charge in [-0.05, 0) is 96.8 Å². The van der Waals surface area contributed by atoms with Gasteiger partial charge < -0.3 is 24.9 Å². The lowest BCUT2D eigenvalue weighted by molar-refractivity contribution is -0.388. The summed E-state index contributed by atoms with van der Waals surface area (Å²) >= 11 is 0. The zero-order valence-electron chi connectivity index (χ0n) is 38.1. The summed E-state index contributed by atoms with van der Waals surface area (Å²) in [7, 11) is 0. The highest BCUT2D eigenvalue weighted by Crippen LogP contribution is 2.33. The van der Waals surface area contributed by atoms with E-state index in [9.17, 15) is 34.5 Å². The van der Waals surface area contributed by atoms with Crippen molar-refractivity contribution in [1.82, 2.24) is 24.1 Å². The number of hydrogen-bond acceptors (Lipinski definition) is 11. The number of aliphatic hydroxyl groups excluding tert-OH is 2. The van der Waals surface area contributed by atoms with E-state index in [1.165, 1.54) is 0 Å². The number of carbonyl (C=O) groups excluding carboxylic acids is 2. The Kier molecular flexibility index (Phi) is 14.9. The van der Waals surface area contributed by atoms with Crippen LogP contribution in [0.4, 0.5) is 0 Å². The highest BCUT2D eigenvalue weighted by atomic mass is 16.5. The number of nitrogens with zero attached hydrogens (tertiary/aromatic N) is 5. The number of aromatic amines is 1. The van der Waals surface area contributed by atoms with Gasteiger partial charge in [0.15, 0.2) is 11.9 Å². The molecule has 0 spiro atoms.